The standard InChI is InChI=1S/C17H16ClF3N6O/c1-23-15-13(17(19,20)21)14(25-16(22)26-15)10-5-12(28-3)9(4-11(10)18)8-6-24-27(2)7-8/h4-7H,1-3H3,(H3,22,23,25,26). The predicted molar refractivity (Wildman–Crippen MR) is 100 cm³/mol. The summed E-state index contributed by atoms with van der Waals surface area (Å²) in [6.45, 7) is 0. The quantitative estimate of drug-likeness (QED) is 0.676. The highest BCUT2D eigenvalue weighted by atomic mass is 35.5. The zero-order valence-corrected chi connectivity index (χ0v) is 15.9. The van der Waals surface area contributed by atoms with E-state index in [0.29, 0.717) is 16.9 Å². The van der Waals surface area contributed by atoms with Crippen LogP contribution in [0.15, 0.2) is 24.5 Å². The lowest BCUT2D eigenvalue weighted by molar-refractivity contribution is -0.136. The van der Waals surface area contributed by atoms with Crippen LogP contribution in [0.1, 0.15) is 5.56 Å². The van der Waals surface area contributed by atoms with Crippen molar-refractivity contribution >= 4 is 23.4 Å². The van der Waals surface area contributed by atoms with Crippen LogP contribution < -0.4 is 15.8 Å². The van der Waals surface area contributed by atoms with Gasteiger partial charge in [0.2, 0.25) is 5.95 Å². The van der Waals surface area contributed by atoms with Crippen molar-refractivity contribution in [3.05, 3.63) is 35.1 Å². The van der Waals surface area contributed by atoms with Crippen molar-refractivity contribution in [3.8, 4) is 28.1 Å². The molecule has 0 radical (unpaired) electrons. The Balaban J connectivity index is 2.29. The van der Waals surface area contributed by atoms with Crippen molar-refractivity contribution in [2.75, 3.05) is 25.2 Å². The van der Waals surface area contributed by atoms with E-state index in [4.69, 9.17) is 22.1 Å². The number of alkyl halides is 3. The van der Waals surface area contributed by atoms with E-state index in [1.165, 1.54) is 26.3 Å². The molecule has 2 heterocycles. The van der Waals surface area contributed by atoms with Crippen molar-refractivity contribution in [2.24, 2.45) is 7.05 Å². The Hall–Kier alpha value is -3.01. The van der Waals surface area contributed by atoms with Gasteiger partial charge in [0, 0.05) is 37.0 Å². The number of nitrogens with zero attached hydrogens (tertiary/aromatic N) is 4. The van der Waals surface area contributed by atoms with Gasteiger partial charge in [-0.15, -0.1) is 0 Å². The van der Waals surface area contributed by atoms with E-state index in [0.717, 1.165) is 0 Å². The third-order valence-corrected chi connectivity index (χ3v) is 4.32. The monoisotopic (exact) mass is 412 g/mol. The number of hydrogen-bond donors (Lipinski definition) is 2. The number of aryl methyl sites for hydroxylation is 1. The minimum atomic E-state index is -4.74. The normalized spacial score (nSPS) is 11.5. The number of benzene rings is 1. The predicted octanol–water partition coefficient (Wildman–Crippen LogP) is 3.85. The molecule has 0 saturated heterocycles. The third kappa shape index (κ3) is 3.55. The number of nitrogen functional groups attached to an aromatic ring is 1. The lowest BCUT2D eigenvalue weighted by Gasteiger charge is -2.18. The minimum absolute atomic E-state index is 0.0177. The molecule has 0 fully saturated rings. The lowest BCUT2D eigenvalue weighted by Crippen LogP contribution is -2.15. The highest BCUT2D eigenvalue weighted by Crippen LogP contribution is 2.45. The van der Waals surface area contributed by atoms with Gasteiger partial charge in [0.25, 0.3) is 0 Å². The molecule has 3 N–H and O–H groups in total. The maximum Gasteiger partial charge on any atom is 0.422 e. The molecule has 28 heavy (non-hydrogen) atoms. The summed E-state index contributed by atoms with van der Waals surface area (Å²) in [5.74, 6) is -0.455. The van der Waals surface area contributed by atoms with Crippen LogP contribution in [-0.4, -0.2) is 33.9 Å². The molecule has 0 saturated carbocycles. The van der Waals surface area contributed by atoms with E-state index in [9.17, 15) is 13.2 Å². The van der Waals surface area contributed by atoms with E-state index in [1.807, 2.05) is 0 Å². The Bertz CT molecular complexity index is 1030. The van der Waals surface area contributed by atoms with Crippen LogP contribution in [0.4, 0.5) is 24.9 Å². The molecule has 0 spiro atoms. The fourth-order valence-corrected chi connectivity index (χ4v) is 3.07. The van der Waals surface area contributed by atoms with Gasteiger partial charge in [-0.25, -0.2) is 4.98 Å². The summed E-state index contributed by atoms with van der Waals surface area (Å²) in [6.07, 6.45) is -1.41. The number of ether oxygens (including phenoxy) is 1. The van der Waals surface area contributed by atoms with Crippen LogP contribution >= 0.6 is 11.6 Å². The van der Waals surface area contributed by atoms with Crippen LogP contribution in [0, 0.1) is 0 Å². The molecule has 1 aromatic carbocycles. The van der Waals surface area contributed by atoms with Crippen LogP contribution in [0.25, 0.3) is 22.4 Å². The van der Waals surface area contributed by atoms with Crippen LogP contribution in [0.3, 0.4) is 0 Å². The maximum atomic E-state index is 13.7. The lowest BCUT2D eigenvalue weighted by atomic mass is 10.0. The molecule has 7 nitrogen and oxygen atoms in total. The number of anilines is 2. The number of hydrogen-bond acceptors (Lipinski definition) is 6. The van der Waals surface area contributed by atoms with Gasteiger partial charge in [0.15, 0.2) is 0 Å². The second kappa shape index (κ2) is 7.19. The molecule has 0 bridgehead atoms. The average molecular weight is 413 g/mol. The molecule has 3 aromatic rings. The number of aromatic nitrogens is 4. The second-order valence-corrected chi connectivity index (χ2v) is 6.24. The van der Waals surface area contributed by atoms with Crippen molar-refractivity contribution in [2.45, 2.75) is 6.18 Å². The van der Waals surface area contributed by atoms with Gasteiger partial charge in [-0.1, -0.05) is 11.6 Å². The molecule has 3 rings (SSSR count). The summed E-state index contributed by atoms with van der Waals surface area (Å²) in [5.41, 5.74) is 5.40. The summed E-state index contributed by atoms with van der Waals surface area (Å²) < 4.78 is 48.1. The van der Waals surface area contributed by atoms with Crippen molar-refractivity contribution < 1.29 is 17.9 Å². The Morgan fingerprint density at radius 1 is 1.21 bits per heavy atom. The van der Waals surface area contributed by atoms with Crippen LogP contribution in [-0.2, 0) is 13.2 Å². The summed E-state index contributed by atoms with van der Waals surface area (Å²) in [7, 11) is 4.46. The van der Waals surface area contributed by atoms with Gasteiger partial charge in [-0.3, -0.25) is 4.68 Å². The number of rotatable bonds is 4. The molecule has 0 unspecified atom stereocenters. The van der Waals surface area contributed by atoms with E-state index in [2.05, 4.69) is 20.4 Å². The number of methoxy groups -OCH3 is 1. The Labute approximate surface area is 163 Å². The van der Waals surface area contributed by atoms with Gasteiger partial charge in [0.1, 0.15) is 17.1 Å². The largest absolute Gasteiger partial charge is 0.496 e. The van der Waals surface area contributed by atoms with E-state index < -0.39 is 23.3 Å². The summed E-state index contributed by atoms with van der Waals surface area (Å²) in [5, 5.41) is 6.53. The van der Waals surface area contributed by atoms with E-state index in [1.54, 1.807) is 24.1 Å². The van der Waals surface area contributed by atoms with Crippen molar-refractivity contribution in [1.82, 2.24) is 19.7 Å². The summed E-state index contributed by atoms with van der Waals surface area (Å²) in [4.78, 5) is 7.45. The fourth-order valence-electron chi connectivity index (χ4n) is 2.81. The molecule has 0 amide bonds. The number of halogens is 4. The van der Waals surface area contributed by atoms with Crippen molar-refractivity contribution in [1.29, 1.82) is 0 Å². The van der Waals surface area contributed by atoms with Gasteiger partial charge in [0.05, 0.1) is 24.0 Å². The number of nitrogens with two attached hydrogens (primary N) is 1. The van der Waals surface area contributed by atoms with Crippen LogP contribution in [0.5, 0.6) is 5.75 Å². The van der Waals surface area contributed by atoms with Crippen molar-refractivity contribution in [3.63, 3.8) is 0 Å². The highest BCUT2D eigenvalue weighted by molar-refractivity contribution is 6.33. The number of nitrogens with one attached hydrogen (secondary N) is 1. The molecule has 0 aliphatic heterocycles. The first-order valence-electron chi connectivity index (χ1n) is 7.95. The fraction of sp³-hybridized carbons (Fsp3) is 0.235. The first-order chi connectivity index (χ1) is 13.2. The Morgan fingerprint density at radius 2 is 1.93 bits per heavy atom. The summed E-state index contributed by atoms with van der Waals surface area (Å²) in [6, 6.07) is 2.89. The van der Waals surface area contributed by atoms with Gasteiger partial charge < -0.3 is 15.8 Å². The first kappa shape index (κ1) is 19.7. The smallest absolute Gasteiger partial charge is 0.422 e. The molecular weight excluding hydrogens is 397 g/mol. The van der Waals surface area contributed by atoms with Gasteiger partial charge >= 0.3 is 6.18 Å². The third-order valence-electron chi connectivity index (χ3n) is 4.01. The zero-order valence-electron chi connectivity index (χ0n) is 15.1. The molecule has 11 heteroatoms. The van der Waals surface area contributed by atoms with Crippen LogP contribution in [0.2, 0.25) is 5.02 Å². The summed E-state index contributed by atoms with van der Waals surface area (Å²) >= 11 is 6.35. The molecule has 148 valence electrons. The molecule has 0 aliphatic carbocycles. The zero-order chi connectivity index (χ0) is 20.6. The maximum absolute atomic E-state index is 13.7. The Morgan fingerprint density at radius 3 is 2.46 bits per heavy atom. The topological polar surface area (TPSA) is 90.9 Å². The van der Waals surface area contributed by atoms with E-state index >= 15 is 0 Å². The SMILES string of the molecule is CNc1nc(N)nc(-c2cc(OC)c(-c3cnn(C)c3)cc2Cl)c1C(F)(F)F. The second-order valence-electron chi connectivity index (χ2n) is 5.84. The first-order valence-corrected chi connectivity index (χ1v) is 8.33. The molecular formula is C17H16ClF3N6O. The molecule has 0 aliphatic rings. The molecule has 0 atom stereocenters. The minimum Gasteiger partial charge on any atom is -0.496 e. The highest BCUT2D eigenvalue weighted by Gasteiger charge is 2.39. The average Bonchev–Trinajstić information content (AvgIpc) is 3.05. The van der Waals surface area contributed by atoms with E-state index in [-0.39, 0.29) is 16.5 Å². The van der Waals surface area contributed by atoms with Gasteiger partial charge in [-0.2, -0.15) is 23.3 Å². The van der Waals surface area contributed by atoms with Gasteiger partial charge in [-0.05, 0) is 12.1 Å². The molecule has 2 aromatic heterocycles. The Kier molecular flexibility index (Phi) is 5.07.